The van der Waals surface area contributed by atoms with Crippen LogP contribution in [0.25, 0.3) is 5.69 Å². The van der Waals surface area contributed by atoms with Gasteiger partial charge in [-0.3, -0.25) is 9.59 Å². The summed E-state index contributed by atoms with van der Waals surface area (Å²) in [4.78, 5) is 27.0. The highest BCUT2D eigenvalue weighted by Gasteiger charge is 2.33. The largest absolute Gasteiger partial charge is 0.348 e. The zero-order chi connectivity index (χ0) is 22.6. The summed E-state index contributed by atoms with van der Waals surface area (Å²) in [6.07, 6.45) is 0.717. The Bertz CT molecular complexity index is 1080. The van der Waals surface area contributed by atoms with Crippen LogP contribution in [0.5, 0.6) is 0 Å². The smallest absolute Gasteiger partial charge is 0.314 e. The van der Waals surface area contributed by atoms with Gasteiger partial charge in [0.25, 0.3) is 0 Å². The molecule has 2 amide bonds. The molecule has 1 aromatic carbocycles. The molecule has 2 N–H and O–H groups in total. The first-order valence-corrected chi connectivity index (χ1v) is 12.3. The summed E-state index contributed by atoms with van der Waals surface area (Å²) in [6.45, 7) is 7.16. The second kappa shape index (κ2) is 9.80. The molecule has 0 aliphatic carbocycles. The molecule has 0 atom stereocenters. The van der Waals surface area contributed by atoms with E-state index in [0.717, 1.165) is 26.1 Å². The Morgan fingerprint density at radius 3 is 2.61 bits per heavy atom. The van der Waals surface area contributed by atoms with Crippen molar-refractivity contribution in [1.82, 2.24) is 20.0 Å². The number of anilines is 1. The second-order valence-electron chi connectivity index (χ2n) is 7.29. The molecule has 0 bridgehead atoms. The van der Waals surface area contributed by atoms with Crippen LogP contribution < -0.4 is 10.6 Å². The van der Waals surface area contributed by atoms with Crippen LogP contribution in [0.15, 0.2) is 24.3 Å². The fraction of sp³-hybridized carbons (Fsp3) is 0.450. The van der Waals surface area contributed by atoms with E-state index in [9.17, 15) is 18.0 Å². The van der Waals surface area contributed by atoms with E-state index >= 15 is 0 Å². The summed E-state index contributed by atoms with van der Waals surface area (Å²) >= 11 is 6.07. The maximum atomic E-state index is 12.5. The zero-order valence-electron chi connectivity index (χ0n) is 17.5. The van der Waals surface area contributed by atoms with Crippen molar-refractivity contribution in [3.63, 3.8) is 0 Å². The first-order valence-electron chi connectivity index (χ1n) is 10.1. The first-order chi connectivity index (χ1) is 14.7. The van der Waals surface area contributed by atoms with Crippen molar-refractivity contribution in [2.45, 2.75) is 31.8 Å². The summed E-state index contributed by atoms with van der Waals surface area (Å²) < 4.78 is 25.5. The number of nitrogens with zero attached hydrogens (tertiary/aromatic N) is 3. The van der Waals surface area contributed by atoms with Crippen LogP contribution in [0.2, 0.25) is 5.02 Å². The summed E-state index contributed by atoms with van der Waals surface area (Å²) in [5.74, 6) is -1.95. The fourth-order valence-electron chi connectivity index (χ4n) is 3.45. The van der Waals surface area contributed by atoms with Crippen LogP contribution in [0.4, 0.5) is 5.82 Å². The van der Waals surface area contributed by atoms with Crippen molar-refractivity contribution < 1.29 is 18.0 Å². The zero-order valence-corrected chi connectivity index (χ0v) is 19.1. The Hall–Kier alpha value is -2.43. The van der Waals surface area contributed by atoms with Gasteiger partial charge in [0, 0.05) is 17.1 Å². The summed E-state index contributed by atoms with van der Waals surface area (Å²) in [6, 6.07) is 6.78. The first kappa shape index (κ1) is 23.2. The van der Waals surface area contributed by atoms with Gasteiger partial charge >= 0.3 is 11.8 Å². The van der Waals surface area contributed by atoms with E-state index in [1.807, 2.05) is 0 Å². The lowest BCUT2D eigenvalue weighted by Crippen LogP contribution is -2.37. The predicted molar refractivity (Wildman–Crippen MR) is 119 cm³/mol. The van der Waals surface area contributed by atoms with Gasteiger partial charge in [-0.25, -0.2) is 13.1 Å². The van der Waals surface area contributed by atoms with E-state index in [0.29, 0.717) is 28.5 Å². The minimum absolute atomic E-state index is 0.168. The summed E-state index contributed by atoms with van der Waals surface area (Å²) in [7, 11) is -3.34. The lowest BCUT2D eigenvalue weighted by molar-refractivity contribution is -0.136. The highest BCUT2D eigenvalue weighted by molar-refractivity contribution is 7.90. The number of hydrogen-bond acceptors (Lipinski definition) is 6. The van der Waals surface area contributed by atoms with Gasteiger partial charge in [-0.1, -0.05) is 31.5 Å². The standard InChI is InChI=1S/C20H26ClN5O4S/c1-3-25(4-2)10-6-9-22-19(27)20(28)23-18-16-12-31(29,30)13-17(16)24-26(18)15-8-5-7-14(21)11-15/h5,7-8,11H,3-4,6,9-10,12-13H2,1-2H3,(H,22,27)(H,23,28). The third-order valence-electron chi connectivity index (χ3n) is 5.11. The third kappa shape index (κ3) is 5.63. The lowest BCUT2D eigenvalue weighted by atomic mass is 10.2. The quantitative estimate of drug-likeness (QED) is 0.451. The van der Waals surface area contributed by atoms with Crippen molar-refractivity contribution in [2.24, 2.45) is 0 Å². The lowest BCUT2D eigenvalue weighted by Gasteiger charge is -2.17. The molecule has 1 aromatic heterocycles. The molecular weight excluding hydrogens is 442 g/mol. The fourth-order valence-corrected chi connectivity index (χ4v) is 5.13. The maximum absolute atomic E-state index is 12.5. The molecule has 2 aromatic rings. The third-order valence-corrected chi connectivity index (χ3v) is 6.79. The number of aromatic nitrogens is 2. The minimum atomic E-state index is -3.34. The second-order valence-corrected chi connectivity index (χ2v) is 9.79. The molecule has 9 nitrogen and oxygen atoms in total. The molecular formula is C20H26ClN5O4S. The van der Waals surface area contributed by atoms with Gasteiger partial charge < -0.3 is 15.5 Å². The van der Waals surface area contributed by atoms with E-state index in [1.165, 1.54) is 4.68 Å². The average Bonchev–Trinajstić information content (AvgIpc) is 3.20. The van der Waals surface area contributed by atoms with Gasteiger partial charge in [0.15, 0.2) is 9.84 Å². The predicted octanol–water partition coefficient (Wildman–Crippen LogP) is 1.74. The van der Waals surface area contributed by atoms with Gasteiger partial charge in [-0.2, -0.15) is 5.10 Å². The van der Waals surface area contributed by atoms with Gasteiger partial charge in [-0.15, -0.1) is 0 Å². The Kier molecular flexibility index (Phi) is 7.34. The van der Waals surface area contributed by atoms with Crippen LogP contribution in [-0.2, 0) is 30.9 Å². The molecule has 11 heteroatoms. The van der Waals surface area contributed by atoms with E-state index in [2.05, 4.69) is 34.5 Å². The van der Waals surface area contributed by atoms with Gasteiger partial charge in [0.2, 0.25) is 0 Å². The number of hydrogen-bond donors (Lipinski definition) is 2. The van der Waals surface area contributed by atoms with Gasteiger partial charge in [-0.05, 0) is 44.3 Å². The number of fused-ring (bicyclic) bond motifs is 1. The molecule has 1 aliphatic rings. The number of carbonyl (C=O) groups excluding carboxylic acids is 2. The monoisotopic (exact) mass is 467 g/mol. The highest BCUT2D eigenvalue weighted by Crippen LogP contribution is 2.33. The number of halogens is 1. The van der Waals surface area contributed by atoms with Crippen LogP contribution in [0.3, 0.4) is 0 Å². The van der Waals surface area contributed by atoms with Crippen LogP contribution >= 0.6 is 11.6 Å². The maximum Gasteiger partial charge on any atom is 0.314 e. The van der Waals surface area contributed by atoms with Crippen LogP contribution in [-0.4, -0.2) is 61.1 Å². The minimum Gasteiger partial charge on any atom is -0.348 e. The number of benzene rings is 1. The molecule has 2 heterocycles. The van der Waals surface area contributed by atoms with Crippen molar-refractivity contribution in [1.29, 1.82) is 0 Å². The summed E-state index contributed by atoms with van der Waals surface area (Å²) in [5, 5.41) is 9.97. The van der Waals surface area contributed by atoms with Crippen LogP contribution in [0, 0.1) is 0 Å². The highest BCUT2D eigenvalue weighted by atomic mass is 35.5. The van der Waals surface area contributed by atoms with Crippen molar-refractivity contribution in [3.8, 4) is 5.69 Å². The van der Waals surface area contributed by atoms with Crippen molar-refractivity contribution >= 4 is 39.1 Å². The molecule has 0 saturated heterocycles. The van der Waals surface area contributed by atoms with E-state index in [1.54, 1.807) is 24.3 Å². The van der Waals surface area contributed by atoms with E-state index in [-0.39, 0.29) is 17.3 Å². The van der Waals surface area contributed by atoms with Gasteiger partial charge in [0.1, 0.15) is 5.82 Å². The molecule has 0 spiro atoms. The number of amides is 2. The van der Waals surface area contributed by atoms with Crippen molar-refractivity contribution in [2.75, 3.05) is 31.5 Å². The molecule has 31 heavy (non-hydrogen) atoms. The summed E-state index contributed by atoms with van der Waals surface area (Å²) in [5.41, 5.74) is 1.30. The molecule has 0 fully saturated rings. The SMILES string of the molecule is CCN(CC)CCCNC(=O)C(=O)Nc1c2c(nn1-c1cccc(Cl)c1)CS(=O)(=O)C2. The van der Waals surface area contributed by atoms with Crippen LogP contribution in [0.1, 0.15) is 31.5 Å². The Morgan fingerprint density at radius 1 is 1.19 bits per heavy atom. The number of rotatable bonds is 8. The molecule has 0 unspecified atom stereocenters. The number of nitrogens with one attached hydrogen (secondary N) is 2. The Morgan fingerprint density at radius 2 is 1.94 bits per heavy atom. The normalized spacial score (nSPS) is 14.5. The van der Waals surface area contributed by atoms with Gasteiger partial charge in [0.05, 0.1) is 22.9 Å². The van der Waals surface area contributed by atoms with Crippen molar-refractivity contribution in [3.05, 3.63) is 40.5 Å². The molecule has 0 radical (unpaired) electrons. The topological polar surface area (TPSA) is 113 Å². The molecule has 168 valence electrons. The number of carbonyl (C=O) groups is 2. The Labute approximate surface area is 186 Å². The molecule has 0 saturated carbocycles. The molecule has 1 aliphatic heterocycles. The average molecular weight is 468 g/mol. The van der Waals surface area contributed by atoms with E-state index < -0.39 is 21.7 Å². The number of sulfone groups is 1. The van der Waals surface area contributed by atoms with E-state index in [4.69, 9.17) is 11.6 Å². The Balaban J connectivity index is 1.74. The molecule has 3 rings (SSSR count).